The van der Waals surface area contributed by atoms with Crippen LogP contribution in [0.3, 0.4) is 0 Å². The Kier molecular flexibility index (Phi) is 5.97. The largest absolute Gasteiger partial charge is 0.348 e. The Morgan fingerprint density at radius 2 is 1.85 bits per heavy atom. The molecule has 9 heteroatoms. The van der Waals surface area contributed by atoms with Gasteiger partial charge >= 0.3 is 6.03 Å². The molecule has 0 radical (unpaired) electrons. The second kappa shape index (κ2) is 9.08. The summed E-state index contributed by atoms with van der Waals surface area (Å²) in [5.41, 5.74) is 2.04. The third kappa shape index (κ3) is 4.01. The predicted octanol–water partition coefficient (Wildman–Crippen LogP) is 2.56. The van der Waals surface area contributed by atoms with Crippen molar-refractivity contribution in [3.63, 3.8) is 0 Å². The summed E-state index contributed by atoms with van der Waals surface area (Å²) < 4.78 is 1.16. The molecule has 8 nitrogen and oxygen atoms in total. The van der Waals surface area contributed by atoms with E-state index in [1.54, 1.807) is 33.3 Å². The molecular weight excluding hydrogens is 450 g/mol. The van der Waals surface area contributed by atoms with Gasteiger partial charge in [-0.3, -0.25) is 9.59 Å². The van der Waals surface area contributed by atoms with E-state index in [2.05, 4.69) is 28.1 Å². The number of hydrazine groups is 1. The number of hydrogen-bond acceptors (Lipinski definition) is 5. The SMILES string of the molecule is CC1NC(=O)CN2C(=O)C(Cc3csc4ccccc34)N(C)N(C(=O)NCc3ccccc3)C12. The first-order valence-electron chi connectivity index (χ1n) is 11.3. The normalized spacial score (nSPS) is 23.1. The molecule has 3 aromatic rings. The van der Waals surface area contributed by atoms with Gasteiger partial charge in [-0.25, -0.2) is 14.8 Å². The van der Waals surface area contributed by atoms with Crippen molar-refractivity contribution >= 4 is 39.3 Å². The molecule has 0 spiro atoms. The van der Waals surface area contributed by atoms with Crippen LogP contribution in [-0.2, 0) is 22.6 Å². The summed E-state index contributed by atoms with van der Waals surface area (Å²) in [4.78, 5) is 40.9. The van der Waals surface area contributed by atoms with E-state index in [9.17, 15) is 14.4 Å². The number of thiophene rings is 1. The lowest BCUT2D eigenvalue weighted by Crippen LogP contribution is -2.78. The Morgan fingerprint density at radius 1 is 1.12 bits per heavy atom. The van der Waals surface area contributed by atoms with Gasteiger partial charge in [-0.15, -0.1) is 11.3 Å². The average Bonchev–Trinajstić information content (AvgIpc) is 3.24. The van der Waals surface area contributed by atoms with Gasteiger partial charge in [0.25, 0.3) is 0 Å². The summed E-state index contributed by atoms with van der Waals surface area (Å²) in [5, 5.41) is 12.4. The Morgan fingerprint density at radius 3 is 2.65 bits per heavy atom. The van der Waals surface area contributed by atoms with Crippen molar-refractivity contribution in [2.45, 2.75) is 38.1 Å². The number of nitrogens with one attached hydrogen (secondary N) is 2. The summed E-state index contributed by atoms with van der Waals surface area (Å²) in [6.45, 7) is 2.12. The Labute approximate surface area is 202 Å². The summed E-state index contributed by atoms with van der Waals surface area (Å²) in [6.07, 6.45) is -0.150. The van der Waals surface area contributed by atoms with Crippen LogP contribution in [0, 0.1) is 0 Å². The van der Waals surface area contributed by atoms with Gasteiger partial charge in [-0.2, -0.15) is 0 Å². The van der Waals surface area contributed by atoms with Crippen LogP contribution >= 0.6 is 11.3 Å². The number of urea groups is 1. The van der Waals surface area contributed by atoms with E-state index < -0.39 is 18.2 Å². The molecule has 3 heterocycles. The molecule has 34 heavy (non-hydrogen) atoms. The second-order valence-corrected chi connectivity index (χ2v) is 9.69. The summed E-state index contributed by atoms with van der Waals surface area (Å²) >= 11 is 1.64. The minimum Gasteiger partial charge on any atom is -0.348 e. The van der Waals surface area contributed by atoms with Crippen LogP contribution in [0.15, 0.2) is 60.0 Å². The van der Waals surface area contributed by atoms with Crippen molar-refractivity contribution in [2.24, 2.45) is 0 Å². The number of hydrogen-bond donors (Lipinski definition) is 2. The number of benzene rings is 2. The molecule has 3 atom stereocenters. The van der Waals surface area contributed by atoms with Gasteiger partial charge in [0.05, 0.1) is 6.04 Å². The molecule has 0 saturated carbocycles. The minimum absolute atomic E-state index is 0.0645. The second-order valence-electron chi connectivity index (χ2n) is 8.78. The predicted molar refractivity (Wildman–Crippen MR) is 131 cm³/mol. The lowest BCUT2D eigenvalue weighted by molar-refractivity contribution is -0.185. The third-order valence-corrected chi connectivity index (χ3v) is 7.56. The van der Waals surface area contributed by atoms with Crippen molar-refractivity contribution in [1.82, 2.24) is 25.6 Å². The highest BCUT2D eigenvalue weighted by atomic mass is 32.1. The van der Waals surface area contributed by atoms with E-state index in [4.69, 9.17) is 0 Å². The van der Waals surface area contributed by atoms with Crippen LogP contribution in [-0.4, -0.2) is 64.6 Å². The Balaban J connectivity index is 1.45. The van der Waals surface area contributed by atoms with Crippen molar-refractivity contribution in [3.05, 3.63) is 71.1 Å². The molecule has 2 aromatic carbocycles. The fraction of sp³-hybridized carbons (Fsp3) is 0.320. The quantitative estimate of drug-likeness (QED) is 0.605. The maximum Gasteiger partial charge on any atom is 0.334 e. The number of nitrogens with zero attached hydrogens (tertiary/aromatic N) is 3. The smallest absolute Gasteiger partial charge is 0.334 e. The van der Waals surface area contributed by atoms with Gasteiger partial charge in [0.1, 0.15) is 18.8 Å². The van der Waals surface area contributed by atoms with Crippen LogP contribution in [0.2, 0.25) is 0 Å². The van der Waals surface area contributed by atoms with Crippen molar-refractivity contribution in [2.75, 3.05) is 13.6 Å². The van der Waals surface area contributed by atoms with Gasteiger partial charge in [0, 0.05) is 24.7 Å². The molecule has 0 bridgehead atoms. The van der Waals surface area contributed by atoms with Crippen LogP contribution < -0.4 is 10.6 Å². The summed E-state index contributed by atoms with van der Waals surface area (Å²) in [7, 11) is 1.78. The lowest BCUT2D eigenvalue weighted by Gasteiger charge is -2.54. The van der Waals surface area contributed by atoms with Gasteiger partial charge < -0.3 is 15.5 Å². The molecule has 5 rings (SSSR count). The van der Waals surface area contributed by atoms with Gasteiger partial charge in [0.15, 0.2) is 0 Å². The maximum atomic E-state index is 13.6. The average molecular weight is 478 g/mol. The Bertz CT molecular complexity index is 1230. The number of piperazine rings is 1. The van der Waals surface area contributed by atoms with E-state index in [0.717, 1.165) is 21.2 Å². The van der Waals surface area contributed by atoms with Crippen molar-refractivity contribution in [3.8, 4) is 0 Å². The molecule has 3 unspecified atom stereocenters. The fourth-order valence-corrected chi connectivity index (χ4v) is 5.84. The molecule has 2 aliphatic rings. The standard InChI is InChI=1S/C25H27N5O3S/c1-16-23-29(14-22(31)27-16)24(32)20(12-18-15-34-21-11-7-6-10-19(18)21)28(2)30(23)25(33)26-13-17-8-4-3-5-9-17/h3-11,15-16,20,23H,12-14H2,1-2H3,(H,26,33)(H,27,31). The van der Waals surface area contributed by atoms with Crippen molar-refractivity contribution in [1.29, 1.82) is 0 Å². The minimum atomic E-state index is -0.602. The first-order chi connectivity index (χ1) is 16.4. The van der Waals surface area contributed by atoms with Crippen LogP contribution in [0.4, 0.5) is 4.79 Å². The molecule has 2 fully saturated rings. The highest BCUT2D eigenvalue weighted by Crippen LogP contribution is 2.31. The number of amides is 4. The summed E-state index contributed by atoms with van der Waals surface area (Å²) in [6, 6.07) is 16.5. The molecule has 4 amide bonds. The van der Waals surface area contributed by atoms with E-state index in [1.807, 2.05) is 49.4 Å². The molecule has 2 N–H and O–H groups in total. The zero-order chi connectivity index (χ0) is 23.8. The lowest BCUT2D eigenvalue weighted by atomic mass is 10.00. The highest BCUT2D eigenvalue weighted by molar-refractivity contribution is 7.17. The fourth-order valence-electron chi connectivity index (χ4n) is 4.87. The Hall–Kier alpha value is -3.43. The third-order valence-electron chi connectivity index (χ3n) is 6.55. The molecule has 0 aliphatic carbocycles. The monoisotopic (exact) mass is 477 g/mol. The number of carbonyl (C=O) groups is 3. The molecule has 2 aliphatic heterocycles. The highest BCUT2D eigenvalue weighted by Gasteiger charge is 2.51. The number of rotatable bonds is 4. The van der Waals surface area contributed by atoms with E-state index in [0.29, 0.717) is 13.0 Å². The molecule has 2 saturated heterocycles. The van der Waals surface area contributed by atoms with Gasteiger partial charge in [-0.1, -0.05) is 48.5 Å². The van der Waals surface area contributed by atoms with Crippen LogP contribution in [0.1, 0.15) is 18.1 Å². The zero-order valence-electron chi connectivity index (χ0n) is 19.1. The van der Waals surface area contributed by atoms with Crippen LogP contribution in [0.5, 0.6) is 0 Å². The van der Waals surface area contributed by atoms with Crippen molar-refractivity contribution < 1.29 is 14.4 Å². The van der Waals surface area contributed by atoms with E-state index in [1.165, 1.54) is 0 Å². The molecule has 1 aromatic heterocycles. The van der Waals surface area contributed by atoms with E-state index in [-0.39, 0.29) is 24.4 Å². The topological polar surface area (TPSA) is 85.0 Å². The first-order valence-corrected chi connectivity index (χ1v) is 12.2. The maximum absolute atomic E-state index is 13.6. The number of likely N-dealkylation sites (N-methyl/N-ethyl adjacent to an activating group) is 1. The molecule has 176 valence electrons. The first kappa shape index (κ1) is 22.4. The number of carbonyl (C=O) groups excluding carboxylic acids is 3. The zero-order valence-corrected chi connectivity index (χ0v) is 19.9. The van der Waals surface area contributed by atoms with Crippen LogP contribution in [0.25, 0.3) is 10.1 Å². The molecular formula is C25H27N5O3S. The van der Waals surface area contributed by atoms with Gasteiger partial charge in [-0.05, 0) is 34.9 Å². The van der Waals surface area contributed by atoms with E-state index >= 15 is 0 Å². The van der Waals surface area contributed by atoms with Gasteiger partial charge in [0.2, 0.25) is 11.8 Å². The number of fused-ring (bicyclic) bond motifs is 2. The summed E-state index contributed by atoms with van der Waals surface area (Å²) in [5.74, 6) is -0.359.